The average Bonchev–Trinajstić information content (AvgIpc) is 2.72. The summed E-state index contributed by atoms with van der Waals surface area (Å²) in [6, 6.07) is 0. The summed E-state index contributed by atoms with van der Waals surface area (Å²) in [6.07, 6.45) is 3.44. The highest BCUT2D eigenvalue weighted by Gasteiger charge is 2.30. The van der Waals surface area contributed by atoms with Gasteiger partial charge in [0.2, 0.25) is 0 Å². The third kappa shape index (κ3) is 4.15. The van der Waals surface area contributed by atoms with Gasteiger partial charge in [0.1, 0.15) is 6.10 Å². The first kappa shape index (κ1) is 12.4. The number of hydrogen-bond donors (Lipinski definition) is 2. The summed E-state index contributed by atoms with van der Waals surface area (Å²) in [4.78, 5) is 11.1. The summed E-state index contributed by atoms with van der Waals surface area (Å²) >= 11 is 0. The molecule has 2 unspecified atom stereocenters. The lowest BCUT2D eigenvalue weighted by molar-refractivity contribution is -0.133. The first-order chi connectivity index (χ1) is 7.27. The Morgan fingerprint density at radius 2 is 2.40 bits per heavy atom. The summed E-state index contributed by atoms with van der Waals surface area (Å²) < 4.78 is 10.9. The van der Waals surface area contributed by atoms with Gasteiger partial charge in [0.05, 0.1) is 12.7 Å². The van der Waals surface area contributed by atoms with E-state index < -0.39 is 6.10 Å². The number of rotatable bonds is 6. The Morgan fingerprint density at radius 1 is 1.60 bits per heavy atom. The highest BCUT2D eigenvalue weighted by atomic mass is 16.5. The van der Waals surface area contributed by atoms with Crippen molar-refractivity contribution in [2.75, 3.05) is 13.2 Å². The van der Waals surface area contributed by atoms with Crippen LogP contribution in [0, 0.1) is 0 Å². The topological polar surface area (TPSA) is 73.6 Å². The number of amides is 1. The van der Waals surface area contributed by atoms with E-state index in [4.69, 9.17) is 15.3 Å². The quantitative estimate of drug-likeness (QED) is 0.290. The molecule has 0 spiro atoms. The van der Waals surface area contributed by atoms with E-state index in [-0.39, 0.29) is 12.0 Å². The number of unbranched alkanes of at least 4 members (excludes halogenated alkanes) is 1. The van der Waals surface area contributed by atoms with E-state index >= 15 is 0 Å². The van der Waals surface area contributed by atoms with Crippen molar-refractivity contribution in [1.29, 1.82) is 0 Å². The number of nitrogens with one attached hydrogen (secondary N) is 1. The van der Waals surface area contributed by atoms with E-state index in [1.807, 2.05) is 0 Å². The molecular weight excluding hydrogens is 196 g/mol. The highest BCUT2D eigenvalue weighted by Crippen LogP contribution is 2.19. The normalized spacial score (nSPS) is 25.5. The largest absolute Gasteiger partial charge is 0.379 e. The van der Waals surface area contributed by atoms with Gasteiger partial charge in [0, 0.05) is 6.61 Å². The number of carbonyl (C=O) groups excluding carboxylic acids is 1. The van der Waals surface area contributed by atoms with E-state index in [1.54, 1.807) is 0 Å². The highest BCUT2D eigenvalue weighted by molar-refractivity contribution is 5.80. The first-order valence-corrected chi connectivity index (χ1v) is 5.51. The van der Waals surface area contributed by atoms with Gasteiger partial charge >= 0.3 is 0 Å². The zero-order valence-corrected chi connectivity index (χ0v) is 9.20. The lowest BCUT2D eigenvalue weighted by Crippen LogP contribution is -2.39. The number of carbonyl (C=O) groups is 1. The molecule has 1 aliphatic heterocycles. The molecular formula is C10H20N2O3. The Bertz CT molecular complexity index is 199. The zero-order chi connectivity index (χ0) is 11.1. The minimum absolute atomic E-state index is 0.0455. The van der Waals surface area contributed by atoms with Crippen LogP contribution in [0.5, 0.6) is 0 Å². The molecule has 0 aromatic carbocycles. The smallest absolute Gasteiger partial charge is 0.263 e. The van der Waals surface area contributed by atoms with E-state index in [1.165, 1.54) is 0 Å². The molecule has 0 aromatic heterocycles. The summed E-state index contributed by atoms with van der Waals surface area (Å²) in [5, 5.41) is 0. The summed E-state index contributed by atoms with van der Waals surface area (Å²) in [5.74, 6) is 4.78. The molecule has 1 fully saturated rings. The van der Waals surface area contributed by atoms with E-state index in [0.717, 1.165) is 32.3 Å². The fourth-order valence-electron chi connectivity index (χ4n) is 1.58. The molecule has 1 rings (SSSR count). The number of ether oxygens (including phenoxy) is 2. The molecule has 0 saturated carbocycles. The van der Waals surface area contributed by atoms with Crippen LogP contribution in [0.15, 0.2) is 0 Å². The van der Waals surface area contributed by atoms with Crippen molar-refractivity contribution < 1.29 is 14.3 Å². The third-order valence-corrected chi connectivity index (χ3v) is 2.49. The molecule has 0 aromatic rings. The van der Waals surface area contributed by atoms with E-state index in [2.05, 4.69) is 12.3 Å². The van der Waals surface area contributed by atoms with E-state index in [9.17, 15) is 4.79 Å². The predicted octanol–water partition coefficient (Wildman–Crippen LogP) is 0.341. The summed E-state index contributed by atoms with van der Waals surface area (Å²) in [6.45, 7) is 3.47. The molecule has 3 N–H and O–H groups in total. The molecule has 0 radical (unpaired) electrons. The van der Waals surface area contributed by atoms with Crippen molar-refractivity contribution in [2.45, 2.75) is 44.8 Å². The third-order valence-electron chi connectivity index (χ3n) is 2.49. The minimum atomic E-state index is -0.394. The second kappa shape index (κ2) is 6.76. The maximum Gasteiger partial charge on any atom is 0.263 e. The average molecular weight is 216 g/mol. The van der Waals surface area contributed by atoms with Crippen molar-refractivity contribution in [3.63, 3.8) is 0 Å². The van der Waals surface area contributed by atoms with Crippen LogP contribution < -0.4 is 11.3 Å². The Balaban J connectivity index is 2.11. The van der Waals surface area contributed by atoms with Crippen LogP contribution >= 0.6 is 0 Å². The van der Waals surface area contributed by atoms with Crippen LogP contribution in [-0.4, -0.2) is 31.3 Å². The van der Waals surface area contributed by atoms with Crippen LogP contribution in [0.25, 0.3) is 0 Å². The molecule has 5 nitrogen and oxygen atoms in total. The standard InChI is InChI=1S/C10H20N2O3/c1-2-3-6-14-7-8-4-5-9(15-8)10(13)12-11/h8-9H,2-7,11H2,1H3,(H,12,13). The van der Waals surface area contributed by atoms with Gasteiger partial charge in [-0.15, -0.1) is 0 Å². The molecule has 1 saturated heterocycles. The van der Waals surface area contributed by atoms with Crippen LogP contribution in [0.3, 0.4) is 0 Å². The van der Waals surface area contributed by atoms with Crippen molar-refractivity contribution in [3.8, 4) is 0 Å². The maximum absolute atomic E-state index is 11.1. The Kier molecular flexibility index (Phi) is 5.60. The molecule has 88 valence electrons. The molecule has 0 aliphatic carbocycles. The Hall–Kier alpha value is -0.650. The predicted molar refractivity (Wildman–Crippen MR) is 56.0 cm³/mol. The second-order valence-corrected chi connectivity index (χ2v) is 3.76. The fourth-order valence-corrected chi connectivity index (χ4v) is 1.58. The molecule has 2 atom stereocenters. The SMILES string of the molecule is CCCCOCC1CCC(C(=O)NN)O1. The minimum Gasteiger partial charge on any atom is -0.379 e. The van der Waals surface area contributed by atoms with Crippen LogP contribution in [0.2, 0.25) is 0 Å². The number of nitrogens with two attached hydrogens (primary N) is 1. The lowest BCUT2D eigenvalue weighted by Gasteiger charge is -2.12. The van der Waals surface area contributed by atoms with Crippen molar-refractivity contribution in [1.82, 2.24) is 5.43 Å². The molecule has 1 amide bonds. The van der Waals surface area contributed by atoms with Gasteiger partial charge in [-0.3, -0.25) is 10.2 Å². The number of hydrazine groups is 1. The van der Waals surface area contributed by atoms with Gasteiger partial charge < -0.3 is 9.47 Å². The molecule has 1 heterocycles. The molecule has 15 heavy (non-hydrogen) atoms. The lowest BCUT2D eigenvalue weighted by atomic mass is 10.2. The summed E-state index contributed by atoms with van der Waals surface area (Å²) in [7, 11) is 0. The van der Waals surface area contributed by atoms with Gasteiger partial charge in [-0.05, 0) is 19.3 Å². The van der Waals surface area contributed by atoms with Gasteiger partial charge in [-0.1, -0.05) is 13.3 Å². The monoisotopic (exact) mass is 216 g/mol. The second-order valence-electron chi connectivity index (χ2n) is 3.76. The molecule has 5 heteroatoms. The Morgan fingerprint density at radius 3 is 3.07 bits per heavy atom. The van der Waals surface area contributed by atoms with Crippen LogP contribution in [0.1, 0.15) is 32.6 Å². The van der Waals surface area contributed by atoms with Gasteiger partial charge in [-0.25, -0.2) is 5.84 Å². The van der Waals surface area contributed by atoms with E-state index in [0.29, 0.717) is 6.61 Å². The van der Waals surface area contributed by atoms with Gasteiger partial charge in [0.15, 0.2) is 0 Å². The summed E-state index contributed by atoms with van der Waals surface area (Å²) in [5.41, 5.74) is 2.10. The maximum atomic E-state index is 11.1. The Labute approximate surface area is 90.3 Å². The fraction of sp³-hybridized carbons (Fsp3) is 0.900. The molecule has 1 aliphatic rings. The van der Waals surface area contributed by atoms with Gasteiger partial charge in [-0.2, -0.15) is 0 Å². The van der Waals surface area contributed by atoms with Crippen LogP contribution in [-0.2, 0) is 14.3 Å². The van der Waals surface area contributed by atoms with Crippen molar-refractivity contribution in [3.05, 3.63) is 0 Å². The van der Waals surface area contributed by atoms with Gasteiger partial charge in [0.25, 0.3) is 5.91 Å². The molecule has 0 bridgehead atoms. The number of hydrogen-bond acceptors (Lipinski definition) is 4. The van der Waals surface area contributed by atoms with Crippen molar-refractivity contribution in [2.24, 2.45) is 5.84 Å². The zero-order valence-electron chi connectivity index (χ0n) is 9.20. The van der Waals surface area contributed by atoms with Crippen LogP contribution in [0.4, 0.5) is 0 Å². The van der Waals surface area contributed by atoms with Crippen molar-refractivity contribution >= 4 is 5.91 Å². The first-order valence-electron chi connectivity index (χ1n) is 5.51.